The van der Waals surface area contributed by atoms with Crippen molar-refractivity contribution in [3.8, 4) is 0 Å². The summed E-state index contributed by atoms with van der Waals surface area (Å²) in [6.07, 6.45) is 5.61. The predicted octanol–water partition coefficient (Wildman–Crippen LogP) is 2.61. The molecule has 2 bridgehead atoms. The molecule has 0 amide bonds. The van der Waals surface area contributed by atoms with E-state index in [0.717, 1.165) is 12.8 Å². The molecule has 2 heterocycles. The molecule has 2 rings (SSSR count). The first-order valence-corrected chi connectivity index (χ1v) is 8.27. The second-order valence-electron chi connectivity index (χ2n) is 6.51. The van der Waals surface area contributed by atoms with Crippen LogP contribution in [0, 0.1) is 0 Å². The number of carbonyl (C=O) groups is 2. The van der Waals surface area contributed by atoms with Crippen LogP contribution in [0.15, 0.2) is 23.3 Å². The number of hydrogen-bond acceptors (Lipinski definition) is 5. The summed E-state index contributed by atoms with van der Waals surface area (Å²) in [5.41, 5.74) is 1.25. The second-order valence-corrected chi connectivity index (χ2v) is 6.51. The van der Waals surface area contributed by atoms with Crippen LogP contribution in [0.5, 0.6) is 0 Å². The van der Waals surface area contributed by atoms with E-state index in [1.165, 1.54) is 0 Å². The fourth-order valence-electron chi connectivity index (χ4n) is 3.31. The molecule has 0 spiro atoms. The Kier molecular flexibility index (Phi) is 5.63. The van der Waals surface area contributed by atoms with Gasteiger partial charge >= 0.3 is 11.9 Å². The van der Waals surface area contributed by atoms with Crippen molar-refractivity contribution in [2.45, 2.75) is 71.2 Å². The smallest absolute Gasteiger partial charge is 0.333 e. The van der Waals surface area contributed by atoms with Gasteiger partial charge in [0.2, 0.25) is 0 Å². The Morgan fingerprint density at radius 2 is 1.52 bits per heavy atom. The highest BCUT2D eigenvalue weighted by Gasteiger charge is 2.47. The topological polar surface area (TPSA) is 55.8 Å². The predicted molar refractivity (Wildman–Crippen MR) is 87.8 cm³/mol. The molecule has 0 radical (unpaired) electrons. The van der Waals surface area contributed by atoms with E-state index < -0.39 is 0 Å². The van der Waals surface area contributed by atoms with E-state index in [4.69, 9.17) is 9.47 Å². The lowest BCUT2D eigenvalue weighted by molar-refractivity contribution is -0.151. The van der Waals surface area contributed by atoms with Crippen LogP contribution in [-0.2, 0) is 19.1 Å². The third-order valence-corrected chi connectivity index (χ3v) is 5.11. The highest BCUT2D eigenvalue weighted by atomic mass is 16.6. The molecule has 0 N–H and O–H groups in total. The molecule has 5 nitrogen and oxygen atoms in total. The summed E-state index contributed by atoms with van der Waals surface area (Å²) >= 11 is 0. The largest absolute Gasteiger partial charge is 0.459 e. The van der Waals surface area contributed by atoms with Gasteiger partial charge in [0, 0.05) is 36.5 Å². The fraction of sp³-hybridized carbons (Fsp3) is 0.667. The minimum Gasteiger partial charge on any atom is -0.459 e. The lowest BCUT2D eigenvalue weighted by atomic mass is 10.00. The van der Waals surface area contributed by atoms with Gasteiger partial charge in [-0.3, -0.25) is 4.90 Å². The van der Waals surface area contributed by atoms with Gasteiger partial charge in [0.25, 0.3) is 0 Å². The third kappa shape index (κ3) is 3.83. The zero-order valence-corrected chi connectivity index (χ0v) is 14.7. The molecule has 128 valence electrons. The van der Waals surface area contributed by atoms with Crippen LogP contribution in [0.4, 0.5) is 0 Å². The first-order chi connectivity index (χ1) is 10.9. The standard InChI is InChI=1S/C18H27NO4/c1-6-11(3)17(20)22-14-8-13-9-16(15(10-14)19(13)5)23-18(21)12(4)7-2/h6-7,13-16H,8-10H2,1-5H3. The van der Waals surface area contributed by atoms with E-state index in [1.54, 1.807) is 26.0 Å². The molecule has 0 aromatic carbocycles. The van der Waals surface area contributed by atoms with Crippen molar-refractivity contribution in [1.29, 1.82) is 0 Å². The minimum atomic E-state index is -0.253. The van der Waals surface area contributed by atoms with E-state index >= 15 is 0 Å². The molecule has 2 fully saturated rings. The van der Waals surface area contributed by atoms with Gasteiger partial charge in [-0.2, -0.15) is 0 Å². The lowest BCUT2D eigenvalue weighted by Crippen LogP contribution is -2.46. The third-order valence-electron chi connectivity index (χ3n) is 5.11. The summed E-state index contributed by atoms with van der Waals surface area (Å²) in [5.74, 6) is -0.503. The Labute approximate surface area is 138 Å². The van der Waals surface area contributed by atoms with Crippen molar-refractivity contribution in [3.05, 3.63) is 23.3 Å². The van der Waals surface area contributed by atoms with Crippen molar-refractivity contribution in [2.75, 3.05) is 7.05 Å². The number of esters is 2. The lowest BCUT2D eigenvalue weighted by Gasteiger charge is -2.36. The van der Waals surface area contributed by atoms with Gasteiger partial charge in [0.05, 0.1) is 6.04 Å². The van der Waals surface area contributed by atoms with Crippen LogP contribution < -0.4 is 0 Å². The van der Waals surface area contributed by atoms with Crippen molar-refractivity contribution >= 4 is 11.9 Å². The molecular weight excluding hydrogens is 294 g/mol. The van der Waals surface area contributed by atoms with Crippen LogP contribution in [-0.4, -0.2) is 48.2 Å². The first-order valence-electron chi connectivity index (χ1n) is 8.27. The van der Waals surface area contributed by atoms with Gasteiger partial charge < -0.3 is 9.47 Å². The number of rotatable bonds is 4. The van der Waals surface area contributed by atoms with E-state index in [2.05, 4.69) is 11.9 Å². The Balaban J connectivity index is 2.00. The van der Waals surface area contributed by atoms with Crippen LogP contribution in [0.3, 0.4) is 0 Å². The summed E-state index contributed by atoms with van der Waals surface area (Å²) in [7, 11) is 2.06. The fourth-order valence-corrected chi connectivity index (χ4v) is 3.31. The average Bonchev–Trinajstić information content (AvgIpc) is 2.72. The summed E-state index contributed by atoms with van der Waals surface area (Å²) in [6.45, 7) is 7.18. The van der Waals surface area contributed by atoms with Crippen LogP contribution in [0.2, 0.25) is 0 Å². The number of fused-ring (bicyclic) bond motifs is 2. The van der Waals surface area contributed by atoms with Gasteiger partial charge in [-0.15, -0.1) is 0 Å². The number of piperidine rings is 1. The summed E-state index contributed by atoms with van der Waals surface area (Å²) in [5, 5.41) is 0. The number of nitrogens with zero attached hydrogens (tertiary/aromatic N) is 1. The van der Waals surface area contributed by atoms with Gasteiger partial charge in [-0.1, -0.05) is 12.2 Å². The van der Waals surface area contributed by atoms with Crippen LogP contribution in [0.1, 0.15) is 47.0 Å². The van der Waals surface area contributed by atoms with E-state index in [1.807, 2.05) is 13.8 Å². The van der Waals surface area contributed by atoms with Crippen molar-refractivity contribution < 1.29 is 19.1 Å². The first kappa shape index (κ1) is 17.7. The summed E-state index contributed by atoms with van der Waals surface area (Å²) in [6, 6.07) is 0.409. The van der Waals surface area contributed by atoms with E-state index in [9.17, 15) is 9.59 Å². The summed E-state index contributed by atoms with van der Waals surface area (Å²) in [4.78, 5) is 26.2. The molecule has 2 saturated heterocycles. The molecule has 23 heavy (non-hydrogen) atoms. The maximum Gasteiger partial charge on any atom is 0.333 e. The Morgan fingerprint density at radius 1 is 0.957 bits per heavy atom. The SMILES string of the molecule is CC=C(C)C(=O)OC1CC2CC(OC(=O)C(C)=CC)C(C1)N2C. The van der Waals surface area contributed by atoms with Gasteiger partial charge in [-0.25, -0.2) is 9.59 Å². The van der Waals surface area contributed by atoms with Gasteiger partial charge in [0.1, 0.15) is 12.2 Å². The van der Waals surface area contributed by atoms with E-state index in [0.29, 0.717) is 23.6 Å². The van der Waals surface area contributed by atoms with Crippen molar-refractivity contribution in [3.63, 3.8) is 0 Å². The molecule has 0 aliphatic carbocycles. The number of carbonyl (C=O) groups excluding carboxylic acids is 2. The number of likely N-dealkylation sites (N-methyl/N-ethyl adjacent to an activating group) is 1. The van der Waals surface area contributed by atoms with Gasteiger partial charge in [0.15, 0.2) is 0 Å². The molecule has 4 unspecified atom stereocenters. The van der Waals surface area contributed by atoms with Crippen molar-refractivity contribution in [2.24, 2.45) is 0 Å². The number of allylic oxidation sites excluding steroid dienone is 2. The monoisotopic (exact) mass is 321 g/mol. The van der Waals surface area contributed by atoms with E-state index in [-0.39, 0.29) is 30.2 Å². The molecular formula is C18H27NO4. The quantitative estimate of drug-likeness (QED) is 0.588. The molecule has 0 aromatic heterocycles. The van der Waals surface area contributed by atoms with Crippen LogP contribution in [0.25, 0.3) is 0 Å². The molecule has 4 atom stereocenters. The normalized spacial score (nSPS) is 31.9. The van der Waals surface area contributed by atoms with Gasteiger partial charge in [-0.05, 0) is 34.7 Å². The Bertz CT molecular complexity index is 535. The molecule has 5 heteroatoms. The molecule has 0 saturated carbocycles. The molecule has 2 aliphatic rings. The number of ether oxygens (including phenoxy) is 2. The zero-order valence-electron chi connectivity index (χ0n) is 14.7. The minimum absolute atomic E-state index is 0.102. The molecule has 0 aromatic rings. The van der Waals surface area contributed by atoms with Crippen molar-refractivity contribution in [1.82, 2.24) is 4.90 Å². The Hall–Kier alpha value is -1.62. The summed E-state index contributed by atoms with van der Waals surface area (Å²) < 4.78 is 11.3. The highest BCUT2D eigenvalue weighted by molar-refractivity contribution is 5.88. The average molecular weight is 321 g/mol. The zero-order chi connectivity index (χ0) is 17.1. The maximum absolute atomic E-state index is 12.0. The second kappa shape index (κ2) is 7.30. The maximum atomic E-state index is 12.0. The number of hydrogen-bond donors (Lipinski definition) is 0. The molecule has 2 aliphatic heterocycles. The highest BCUT2D eigenvalue weighted by Crippen LogP contribution is 2.37. The Morgan fingerprint density at radius 3 is 2.09 bits per heavy atom. The van der Waals surface area contributed by atoms with Crippen LogP contribution >= 0.6 is 0 Å².